The monoisotopic (exact) mass is 1440 g/mol. The normalized spacial score (nSPS) is 14.8. The Bertz CT molecular complexity index is 2470. The number of esters is 4. The van der Waals surface area contributed by atoms with Gasteiger partial charge in [-0.15, -0.1) is 0 Å². The lowest BCUT2D eigenvalue weighted by atomic mass is 10.1. The molecule has 0 saturated carbocycles. The lowest BCUT2D eigenvalue weighted by molar-refractivity contribution is -0.161. The molecule has 0 rings (SSSR count). The highest BCUT2D eigenvalue weighted by Crippen LogP contribution is 2.45. The zero-order valence-electron chi connectivity index (χ0n) is 62.1. The van der Waals surface area contributed by atoms with E-state index in [-0.39, 0.29) is 25.7 Å². The van der Waals surface area contributed by atoms with Crippen molar-refractivity contribution in [3.05, 3.63) is 146 Å². The van der Waals surface area contributed by atoms with Gasteiger partial charge in [-0.25, -0.2) is 9.13 Å². The quantitative estimate of drug-likeness (QED) is 0.0169. The number of aliphatic hydroxyl groups excluding tert-OH is 1. The maximum atomic E-state index is 13.1. The Kier molecular flexibility index (Phi) is 68.6. The highest BCUT2D eigenvalue weighted by molar-refractivity contribution is 7.47. The molecule has 0 radical (unpaired) electrons. The van der Waals surface area contributed by atoms with Gasteiger partial charge >= 0.3 is 39.5 Å². The molecule has 0 saturated heterocycles. The maximum absolute atomic E-state index is 13.1. The van der Waals surface area contributed by atoms with E-state index < -0.39 is 97.5 Å². The van der Waals surface area contributed by atoms with Crippen LogP contribution in [-0.2, 0) is 65.4 Å². The van der Waals surface area contributed by atoms with Gasteiger partial charge in [-0.2, -0.15) is 0 Å². The number of phosphoric ester groups is 2. The molecule has 0 aliphatic carbocycles. The number of unbranched alkanes of at least 4 members (excludes halogenated alkanes) is 20. The Balaban J connectivity index is 5.40. The van der Waals surface area contributed by atoms with Gasteiger partial charge < -0.3 is 33.8 Å². The Morgan fingerprint density at radius 3 is 0.890 bits per heavy atom. The van der Waals surface area contributed by atoms with Crippen molar-refractivity contribution in [1.29, 1.82) is 0 Å². The summed E-state index contributed by atoms with van der Waals surface area (Å²) < 4.78 is 68.3. The van der Waals surface area contributed by atoms with Gasteiger partial charge in [0.15, 0.2) is 12.2 Å². The summed E-state index contributed by atoms with van der Waals surface area (Å²) in [7, 11) is -9.98. The summed E-state index contributed by atoms with van der Waals surface area (Å²) in [6.45, 7) is 4.45. The van der Waals surface area contributed by atoms with Crippen LogP contribution in [0.4, 0.5) is 0 Å². The van der Waals surface area contributed by atoms with Crippen molar-refractivity contribution in [3.63, 3.8) is 0 Å². The van der Waals surface area contributed by atoms with E-state index in [9.17, 15) is 43.2 Å². The van der Waals surface area contributed by atoms with E-state index in [1.165, 1.54) is 38.5 Å². The lowest BCUT2D eigenvalue weighted by Gasteiger charge is -2.21. The van der Waals surface area contributed by atoms with E-state index in [1.807, 2.05) is 12.2 Å². The number of rotatable bonds is 70. The van der Waals surface area contributed by atoms with Crippen molar-refractivity contribution in [2.24, 2.45) is 0 Å². The van der Waals surface area contributed by atoms with Crippen LogP contribution in [0, 0.1) is 0 Å². The van der Waals surface area contributed by atoms with Crippen LogP contribution < -0.4 is 0 Å². The molecule has 0 aliphatic rings. The number of aliphatic hydroxyl groups is 1. The number of ether oxygens (including phenoxy) is 4. The summed E-state index contributed by atoms with van der Waals surface area (Å²) in [6, 6.07) is 0. The Labute approximate surface area is 605 Å². The molecule has 5 unspecified atom stereocenters. The van der Waals surface area contributed by atoms with Crippen LogP contribution in [0.1, 0.15) is 285 Å². The average molecular weight is 1440 g/mol. The molecule has 0 aliphatic heterocycles. The first-order valence-electron chi connectivity index (χ1n) is 38.1. The lowest BCUT2D eigenvalue weighted by Crippen LogP contribution is -2.30. The second-order valence-electron chi connectivity index (χ2n) is 24.8. The molecule has 0 fully saturated rings. The van der Waals surface area contributed by atoms with E-state index in [4.69, 9.17) is 37.0 Å². The van der Waals surface area contributed by atoms with Gasteiger partial charge in [0.25, 0.3) is 0 Å². The van der Waals surface area contributed by atoms with Crippen LogP contribution in [0.3, 0.4) is 0 Å². The first-order chi connectivity index (χ1) is 48.7. The molecule has 100 heavy (non-hydrogen) atoms. The fourth-order valence-electron chi connectivity index (χ4n) is 9.49. The van der Waals surface area contributed by atoms with Crippen LogP contribution >= 0.6 is 15.6 Å². The molecule has 0 aromatic rings. The van der Waals surface area contributed by atoms with Crippen molar-refractivity contribution in [2.45, 2.75) is 303 Å². The van der Waals surface area contributed by atoms with Crippen LogP contribution in [-0.4, -0.2) is 96.7 Å². The van der Waals surface area contributed by atoms with Crippen LogP contribution in [0.2, 0.25) is 0 Å². The third kappa shape index (κ3) is 71.3. The predicted octanol–water partition coefficient (Wildman–Crippen LogP) is 21.9. The van der Waals surface area contributed by atoms with Gasteiger partial charge in [-0.3, -0.25) is 37.3 Å². The van der Waals surface area contributed by atoms with Crippen molar-refractivity contribution in [1.82, 2.24) is 0 Å². The van der Waals surface area contributed by atoms with Crippen molar-refractivity contribution < 1.29 is 80.2 Å². The fraction of sp³-hybridized carbons (Fsp3) is 0.654. The maximum Gasteiger partial charge on any atom is 0.472 e. The van der Waals surface area contributed by atoms with Crippen LogP contribution in [0.5, 0.6) is 0 Å². The molecule has 5 atom stereocenters. The van der Waals surface area contributed by atoms with E-state index in [0.29, 0.717) is 32.1 Å². The molecule has 17 nitrogen and oxygen atoms in total. The zero-order valence-corrected chi connectivity index (χ0v) is 63.9. The van der Waals surface area contributed by atoms with Gasteiger partial charge in [0, 0.05) is 25.7 Å². The van der Waals surface area contributed by atoms with Crippen molar-refractivity contribution >= 4 is 39.5 Å². The molecule has 0 aromatic carbocycles. The zero-order chi connectivity index (χ0) is 73.2. The third-order valence-electron chi connectivity index (χ3n) is 15.3. The predicted molar refractivity (Wildman–Crippen MR) is 408 cm³/mol. The Morgan fingerprint density at radius 2 is 0.540 bits per heavy atom. The van der Waals surface area contributed by atoms with Crippen molar-refractivity contribution in [2.75, 3.05) is 39.6 Å². The van der Waals surface area contributed by atoms with Gasteiger partial charge in [0.2, 0.25) is 0 Å². The molecule has 570 valence electrons. The smallest absolute Gasteiger partial charge is 0.462 e. The van der Waals surface area contributed by atoms with E-state index in [1.54, 1.807) is 0 Å². The van der Waals surface area contributed by atoms with Crippen LogP contribution in [0.25, 0.3) is 0 Å². The summed E-state index contributed by atoms with van der Waals surface area (Å²) >= 11 is 0. The van der Waals surface area contributed by atoms with Gasteiger partial charge in [0.05, 0.1) is 26.4 Å². The number of hydrogen-bond acceptors (Lipinski definition) is 15. The van der Waals surface area contributed by atoms with Crippen molar-refractivity contribution in [3.8, 4) is 0 Å². The van der Waals surface area contributed by atoms with E-state index >= 15 is 0 Å². The summed E-state index contributed by atoms with van der Waals surface area (Å²) in [5, 5.41) is 10.6. The SMILES string of the molecule is CC/C=C\C/C=C\C/C=C\C/C=C\C/C=C\CCCCCC(=O)OCC(COP(=O)(O)OCC(O)COP(=O)(O)OCC(COC(=O)CCC/C=C\C/C=C\C/C=C\C/C=C\C/C=C\CC)OC(=O)CCCCCCC/C=C\CCCC)OC(=O)CCCCCCC/C=C\CCCCCC. The molecule has 0 heterocycles. The van der Waals surface area contributed by atoms with Gasteiger partial charge in [-0.05, 0) is 154 Å². The average Bonchev–Trinajstić information content (AvgIpc) is 0.940. The molecule has 19 heteroatoms. The molecule has 0 bridgehead atoms. The van der Waals surface area contributed by atoms with E-state index in [0.717, 1.165) is 161 Å². The highest BCUT2D eigenvalue weighted by atomic mass is 31.2. The fourth-order valence-corrected chi connectivity index (χ4v) is 11.1. The molecule has 3 N–H and O–H groups in total. The number of carbonyl (C=O) groups excluding carboxylic acids is 4. The number of hydrogen-bond donors (Lipinski definition) is 3. The first-order valence-corrected chi connectivity index (χ1v) is 41.1. The Hall–Kier alpha value is -5.06. The summed E-state index contributed by atoms with van der Waals surface area (Å²) in [5.41, 5.74) is 0. The number of phosphoric acid groups is 2. The van der Waals surface area contributed by atoms with Gasteiger partial charge in [-0.1, -0.05) is 251 Å². The summed E-state index contributed by atoms with van der Waals surface area (Å²) in [5.74, 6) is -2.31. The summed E-state index contributed by atoms with van der Waals surface area (Å²) in [6.07, 6.45) is 81.4. The second-order valence-corrected chi connectivity index (χ2v) is 27.7. The Morgan fingerprint density at radius 1 is 0.290 bits per heavy atom. The minimum absolute atomic E-state index is 0.0676. The minimum Gasteiger partial charge on any atom is -0.462 e. The molecule has 0 aromatic heterocycles. The first kappa shape index (κ1) is 94.9. The minimum atomic E-state index is -4.99. The van der Waals surface area contributed by atoms with E-state index in [2.05, 4.69) is 161 Å². The number of allylic oxidation sites excluding steroid dienone is 24. The largest absolute Gasteiger partial charge is 0.472 e. The highest BCUT2D eigenvalue weighted by Gasteiger charge is 2.30. The molecular weight excluding hydrogens is 1310 g/mol. The third-order valence-corrected chi connectivity index (χ3v) is 17.2. The van der Waals surface area contributed by atoms with Gasteiger partial charge in [0.1, 0.15) is 19.3 Å². The standard InChI is InChI=1S/C81H134O17P2/c1-5-9-13-17-21-25-29-32-34-36-37-39-41-44-47-50-54-58-62-66-79(84)92-72-77(98-81(86)68-64-60-56-52-48-42-31-27-23-19-15-11-7-3)74-96-100(89,90)94-70-75(82)69-93-99(87,88)95-73-76(97-80(85)67-63-59-55-51-45-28-24-20-16-12-8-4)71-91-78(83)65-61-57-53-49-46-43-40-38-35-33-30-26-22-18-14-10-6-2/h9-10,13-14,20-22,24-27,31-35,37,39-40,43-44,47,49,53,75-77,82H,5-8,11-12,15-19,23,28-30,36,38,41-42,45-46,48,50-52,54-74H2,1-4H3,(H,87,88)(H,89,90)/b13-9-,14-10-,24-20-,25-21-,26-22-,31-27-,34-32-,35-33-,39-37-,43-40-,47-44-,53-49-. The topological polar surface area (TPSA) is 237 Å². The molecule has 0 spiro atoms. The summed E-state index contributed by atoms with van der Waals surface area (Å²) in [4.78, 5) is 72.8. The molecular formula is C81H134O17P2. The molecule has 0 amide bonds. The van der Waals surface area contributed by atoms with Crippen LogP contribution in [0.15, 0.2) is 146 Å². The second kappa shape index (κ2) is 72.3. The number of carbonyl (C=O) groups is 4.